The van der Waals surface area contributed by atoms with Gasteiger partial charge in [-0.3, -0.25) is 4.68 Å². The molecule has 0 saturated heterocycles. The third-order valence-corrected chi connectivity index (χ3v) is 7.04. The van der Waals surface area contributed by atoms with Crippen LogP contribution in [0.25, 0.3) is 22.2 Å². The number of thiophene rings is 1. The summed E-state index contributed by atoms with van der Waals surface area (Å²) in [6.45, 7) is 0.447. The van der Waals surface area contributed by atoms with Gasteiger partial charge in [-0.05, 0) is 29.6 Å². The van der Waals surface area contributed by atoms with Gasteiger partial charge in [0.1, 0.15) is 21.4 Å². The lowest BCUT2D eigenvalue weighted by molar-refractivity contribution is 0.407. The summed E-state index contributed by atoms with van der Waals surface area (Å²) in [5, 5.41) is 12.6. The van der Waals surface area contributed by atoms with E-state index in [9.17, 15) is 8.42 Å². The fourth-order valence-corrected chi connectivity index (χ4v) is 5.16. The van der Waals surface area contributed by atoms with Crippen LogP contribution in [0.5, 0.6) is 11.5 Å². The first kappa shape index (κ1) is 19.4. The van der Waals surface area contributed by atoms with Crippen molar-refractivity contribution in [2.75, 3.05) is 14.2 Å². The van der Waals surface area contributed by atoms with Gasteiger partial charge in [0.15, 0.2) is 0 Å². The number of aromatic nitrogens is 2. The Morgan fingerprint density at radius 2 is 1.76 bits per heavy atom. The van der Waals surface area contributed by atoms with Crippen LogP contribution in [0.3, 0.4) is 0 Å². The molecule has 4 aromatic rings. The van der Waals surface area contributed by atoms with Crippen LogP contribution in [0, 0.1) is 0 Å². The van der Waals surface area contributed by atoms with Crippen LogP contribution in [0.2, 0.25) is 0 Å². The Bertz CT molecular complexity index is 1290. The van der Waals surface area contributed by atoms with Crippen LogP contribution in [-0.2, 0) is 16.6 Å². The van der Waals surface area contributed by atoms with E-state index in [1.165, 1.54) is 0 Å². The summed E-state index contributed by atoms with van der Waals surface area (Å²) in [5.41, 5.74) is 2.74. The van der Waals surface area contributed by atoms with Gasteiger partial charge in [-0.25, -0.2) is 13.6 Å². The molecule has 2 aromatic heterocycles. The van der Waals surface area contributed by atoms with E-state index in [0.717, 1.165) is 33.6 Å². The van der Waals surface area contributed by atoms with Gasteiger partial charge in [-0.15, -0.1) is 11.3 Å². The molecule has 0 atom stereocenters. The number of hydrogen-bond donors (Lipinski definition) is 1. The standard InChI is InChI=1S/C20H19N3O4S2/c1-26-16-8-4-3-6-13(16)12-23-15-7-5-9-17(27-2)18(15)19(22-23)14-10-11-28-20(14)29(21,24)25/h3-11H,12H2,1-2H3,(H2,21,24,25). The Labute approximate surface area is 172 Å². The lowest BCUT2D eigenvalue weighted by atomic mass is 10.1. The maximum absolute atomic E-state index is 12.1. The number of benzene rings is 2. The SMILES string of the molecule is COc1ccccc1Cn1nc(-c2ccsc2S(N)(=O)=O)c2c(OC)cccc21. The van der Waals surface area contributed by atoms with Gasteiger partial charge < -0.3 is 9.47 Å². The van der Waals surface area contributed by atoms with Gasteiger partial charge in [0.2, 0.25) is 10.0 Å². The lowest BCUT2D eigenvalue weighted by Crippen LogP contribution is -2.11. The number of fused-ring (bicyclic) bond motifs is 1. The van der Waals surface area contributed by atoms with Crippen molar-refractivity contribution in [2.24, 2.45) is 5.14 Å². The Morgan fingerprint density at radius 1 is 1.03 bits per heavy atom. The van der Waals surface area contributed by atoms with Gasteiger partial charge in [-0.2, -0.15) is 5.10 Å². The topological polar surface area (TPSA) is 96.4 Å². The number of primary sulfonamides is 1. The number of methoxy groups -OCH3 is 2. The number of rotatable bonds is 6. The van der Waals surface area contributed by atoms with E-state index in [4.69, 9.17) is 19.7 Å². The second-order valence-electron chi connectivity index (χ2n) is 6.34. The number of hydrogen-bond acceptors (Lipinski definition) is 6. The molecule has 0 aliphatic heterocycles. The molecular weight excluding hydrogens is 410 g/mol. The van der Waals surface area contributed by atoms with E-state index < -0.39 is 10.0 Å². The van der Waals surface area contributed by atoms with Gasteiger partial charge in [0.05, 0.1) is 31.7 Å². The quantitative estimate of drug-likeness (QED) is 0.506. The smallest absolute Gasteiger partial charge is 0.248 e. The van der Waals surface area contributed by atoms with Crippen molar-refractivity contribution in [2.45, 2.75) is 10.8 Å². The van der Waals surface area contributed by atoms with E-state index >= 15 is 0 Å². The van der Waals surface area contributed by atoms with Crippen LogP contribution in [-0.4, -0.2) is 32.4 Å². The third-order valence-electron chi connectivity index (χ3n) is 4.62. The first-order valence-corrected chi connectivity index (χ1v) is 11.1. The number of para-hydroxylation sites is 1. The van der Waals surface area contributed by atoms with Crippen LogP contribution < -0.4 is 14.6 Å². The Hall–Kier alpha value is -2.88. The van der Waals surface area contributed by atoms with Crippen LogP contribution in [0.4, 0.5) is 0 Å². The highest BCUT2D eigenvalue weighted by molar-refractivity contribution is 7.91. The summed E-state index contributed by atoms with van der Waals surface area (Å²) in [4.78, 5) is 0. The van der Waals surface area contributed by atoms with Gasteiger partial charge in [0.25, 0.3) is 0 Å². The number of nitrogens with two attached hydrogens (primary N) is 1. The minimum absolute atomic E-state index is 0.0762. The van der Waals surface area contributed by atoms with Crippen LogP contribution in [0.15, 0.2) is 58.1 Å². The first-order chi connectivity index (χ1) is 13.9. The Kier molecular flexibility index (Phi) is 5.03. The van der Waals surface area contributed by atoms with Crippen molar-refractivity contribution in [3.8, 4) is 22.8 Å². The van der Waals surface area contributed by atoms with E-state index in [1.807, 2.05) is 47.1 Å². The van der Waals surface area contributed by atoms with Crippen molar-refractivity contribution in [1.82, 2.24) is 9.78 Å². The van der Waals surface area contributed by atoms with Crippen molar-refractivity contribution in [1.29, 1.82) is 0 Å². The second kappa shape index (κ2) is 7.51. The summed E-state index contributed by atoms with van der Waals surface area (Å²) >= 11 is 1.07. The maximum atomic E-state index is 12.1. The van der Waals surface area contributed by atoms with Crippen molar-refractivity contribution in [3.63, 3.8) is 0 Å². The molecule has 0 unspecified atom stereocenters. The van der Waals surface area contributed by atoms with Gasteiger partial charge in [0, 0.05) is 11.1 Å². The molecule has 0 radical (unpaired) electrons. The van der Waals surface area contributed by atoms with E-state index in [1.54, 1.807) is 25.7 Å². The molecule has 7 nitrogen and oxygen atoms in total. The lowest BCUT2D eigenvalue weighted by Gasteiger charge is -2.09. The summed E-state index contributed by atoms with van der Waals surface area (Å²) in [5.74, 6) is 1.36. The largest absolute Gasteiger partial charge is 0.496 e. The van der Waals surface area contributed by atoms with Crippen LogP contribution in [0.1, 0.15) is 5.56 Å². The Balaban J connectivity index is 1.96. The normalized spacial score (nSPS) is 11.7. The molecule has 9 heteroatoms. The summed E-state index contributed by atoms with van der Waals surface area (Å²) in [7, 11) is -0.681. The molecule has 0 amide bonds. The predicted octanol–water partition coefficient (Wildman–Crippen LogP) is 3.48. The molecule has 4 rings (SSSR count). The zero-order valence-electron chi connectivity index (χ0n) is 15.8. The number of ether oxygens (including phenoxy) is 2. The third kappa shape index (κ3) is 3.48. The molecule has 2 N–H and O–H groups in total. The highest BCUT2D eigenvalue weighted by Crippen LogP contribution is 2.39. The average molecular weight is 430 g/mol. The highest BCUT2D eigenvalue weighted by Gasteiger charge is 2.24. The Morgan fingerprint density at radius 3 is 2.48 bits per heavy atom. The van der Waals surface area contributed by atoms with Crippen molar-refractivity contribution in [3.05, 3.63) is 59.5 Å². The van der Waals surface area contributed by atoms with E-state index in [2.05, 4.69) is 0 Å². The summed E-state index contributed by atoms with van der Waals surface area (Å²) in [6, 6.07) is 15.0. The summed E-state index contributed by atoms with van der Waals surface area (Å²) in [6.07, 6.45) is 0. The monoisotopic (exact) mass is 429 g/mol. The minimum Gasteiger partial charge on any atom is -0.496 e. The molecule has 2 heterocycles. The zero-order chi connectivity index (χ0) is 20.6. The highest BCUT2D eigenvalue weighted by atomic mass is 32.2. The minimum atomic E-state index is -3.88. The van der Waals surface area contributed by atoms with E-state index in [0.29, 0.717) is 23.6 Å². The molecule has 0 spiro atoms. The molecular formula is C20H19N3O4S2. The molecule has 29 heavy (non-hydrogen) atoms. The fourth-order valence-electron chi connectivity index (χ4n) is 3.36. The molecule has 0 aliphatic carbocycles. The van der Waals surface area contributed by atoms with Crippen molar-refractivity contribution < 1.29 is 17.9 Å². The zero-order valence-corrected chi connectivity index (χ0v) is 17.5. The molecule has 0 aliphatic rings. The number of sulfonamides is 1. The van der Waals surface area contributed by atoms with Gasteiger partial charge in [-0.1, -0.05) is 24.3 Å². The first-order valence-electron chi connectivity index (χ1n) is 8.70. The van der Waals surface area contributed by atoms with Gasteiger partial charge >= 0.3 is 0 Å². The predicted molar refractivity (Wildman–Crippen MR) is 113 cm³/mol. The summed E-state index contributed by atoms with van der Waals surface area (Å²) < 4.78 is 37.0. The van der Waals surface area contributed by atoms with E-state index in [-0.39, 0.29) is 4.21 Å². The van der Waals surface area contributed by atoms with Crippen LogP contribution >= 0.6 is 11.3 Å². The fraction of sp³-hybridized carbons (Fsp3) is 0.150. The number of nitrogens with zero attached hydrogens (tertiary/aromatic N) is 2. The molecule has 0 bridgehead atoms. The van der Waals surface area contributed by atoms with Crippen molar-refractivity contribution >= 4 is 32.3 Å². The molecule has 150 valence electrons. The molecule has 2 aromatic carbocycles. The molecule has 0 saturated carbocycles. The molecule has 0 fully saturated rings. The second-order valence-corrected chi connectivity index (χ2v) is 9.01. The average Bonchev–Trinajstić information content (AvgIpc) is 3.33. The maximum Gasteiger partial charge on any atom is 0.248 e.